The Bertz CT molecular complexity index is 936. The number of hydrogen-bond acceptors (Lipinski definition) is 5. The standard InChI is InChI=1S/C16H11Cl2F2N5/c17-8-1-4-12(10(18)5-8)24-15-14(21)16(23-7-22-15)25-13-6-9(19)2-3-11(13)20/h1-7H,21H2,(H2,22,23,24,25). The van der Waals surface area contributed by atoms with Crippen molar-refractivity contribution in [3.05, 3.63) is 64.4 Å². The van der Waals surface area contributed by atoms with Gasteiger partial charge in [-0.2, -0.15) is 0 Å². The van der Waals surface area contributed by atoms with Crippen molar-refractivity contribution in [2.75, 3.05) is 16.4 Å². The number of hydrogen-bond donors (Lipinski definition) is 3. The summed E-state index contributed by atoms with van der Waals surface area (Å²) in [5.41, 5.74) is 6.55. The lowest BCUT2D eigenvalue weighted by molar-refractivity contribution is 0.603. The van der Waals surface area contributed by atoms with E-state index in [1.807, 2.05) is 0 Å². The summed E-state index contributed by atoms with van der Waals surface area (Å²) in [4.78, 5) is 7.99. The SMILES string of the molecule is Nc1c(Nc2cc(F)ccc2F)ncnc1Nc1ccc(Cl)cc1Cl. The number of nitrogen functional groups attached to an aromatic ring is 1. The van der Waals surface area contributed by atoms with E-state index in [4.69, 9.17) is 28.9 Å². The molecule has 0 bridgehead atoms. The molecule has 128 valence electrons. The van der Waals surface area contributed by atoms with Crippen LogP contribution < -0.4 is 16.4 Å². The van der Waals surface area contributed by atoms with E-state index in [2.05, 4.69) is 20.6 Å². The molecule has 1 aromatic heterocycles. The third kappa shape index (κ3) is 3.89. The minimum atomic E-state index is -0.644. The Hall–Kier alpha value is -2.64. The molecular formula is C16H11Cl2F2N5. The van der Waals surface area contributed by atoms with E-state index in [1.54, 1.807) is 18.2 Å². The predicted molar refractivity (Wildman–Crippen MR) is 95.8 cm³/mol. The normalized spacial score (nSPS) is 10.6. The zero-order chi connectivity index (χ0) is 18.0. The van der Waals surface area contributed by atoms with Crippen molar-refractivity contribution in [3.63, 3.8) is 0 Å². The Morgan fingerprint density at radius 1 is 0.880 bits per heavy atom. The molecule has 9 heteroatoms. The van der Waals surface area contributed by atoms with Gasteiger partial charge in [-0.25, -0.2) is 18.7 Å². The molecule has 0 spiro atoms. The van der Waals surface area contributed by atoms with Crippen molar-refractivity contribution in [1.82, 2.24) is 9.97 Å². The molecule has 0 saturated heterocycles. The summed E-state index contributed by atoms with van der Waals surface area (Å²) in [6.07, 6.45) is 1.22. The molecule has 3 rings (SSSR count). The van der Waals surface area contributed by atoms with Gasteiger partial charge in [-0.15, -0.1) is 0 Å². The van der Waals surface area contributed by atoms with Crippen molar-refractivity contribution in [3.8, 4) is 0 Å². The van der Waals surface area contributed by atoms with Crippen LogP contribution in [0.25, 0.3) is 0 Å². The number of halogens is 4. The molecule has 0 unspecified atom stereocenters. The maximum atomic E-state index is 13.8. The minimum Gasteiger partial charge on any atom is -0.393 e. The number of rotatable bonds is 4. The van der Waals surface area contributed by atoms with Gasteiger partial charge in [-0.05, 0) is 30.3 Å². The lowest BCUT2D eigenvalue weighted by atomic mass is 10.3. The monoisotopic (exact) mass is 381 g/mol. The highest BCUT2D eigenvalue weighted by Crippen LogP contribution is 2.32. The lowest BCUT2D eigenvalue weighted by Crippen LogP contribution is -2.06. The molecule has 0 aliphatic carbocycles. The van der Waals surface area contributed by atoms with E-state index in [0.29, 0.717) is 15.7 Å². The Balaban J connectivity index is 1.91. The lowest BCUT2D eigenvalue weighted by Gasteiger charge is -2.13. The average molecular weight is 382 g/mol. The van der Waals surface area contributed by atoms with Gasteiger partial charge in [0.1, 0.15) is 23.6 Å². The van der Waals surface area contributed by atoms with Crippen LogP contribution in [0, 0.1) is 11.6 Å². The van der Waals surface area contributed by atoms with E-state index in [0.717, 1.165) is 18.2 Å². The number of nitrogens with zero attached hydrogens (tertiary/aromatic N) is 2. The topological polar surface area (TPSA) is 75.9 Å². The van der Waals surface area contributed by atoms with Crippen LogP contribution in [0.3, 0.4) is 0 Å². The van der Waals surface area contributed by atoms with Gasteiger partial charge in [0.05, 0.1) is 16.4 Å². The van der Waals surface area contributed by atoms with Crippen LogP contribution in [-0.4, -0.2) is 9.97 Å². The molecule has 0 amide bonds. The zero-order valence-corrected chi connectivity index (χ0v) is 14.0. The van der Waals surface area contributed by atoms with Gasteiger partial charge in [0.15, 0.2) is 11.6 Å². The number of aromatic nitrogens is 2. The van der Waals surface area contributed by atoms with Crippen LogP contribution in [0.4, 0.5) is 37.5 Å². The summed E-state index contributed by atoms with van der Waals surface area (Å²) < 4.78 is 27.1. The summed E-state index contributed by atoms with van der Waals surface area (Å²) in [7, 11) is 0. The van der Waals surface area contributed by atoms with Gasteiger partial charge >= 0.3 is 0 Å². The second-order valence-electron chi connectivity index (χ2n) is 4.98. The van der Waals surface area contributed by atoms with Crippen molar-refractivity contribution >= 4 is 51.9 Å². The number of nitrogens with two attached hydrogens (primary N) is 1. The Morgan fingerprint density at radius 2 is 1.56 bits per heavy atom. The van der Waals surface area contributed by atoms with Crippen LogP contribution in [0.5, 0.6) is 0 Å². The Labute approximate surface area is 151 Å². The molecule has 5 nitrogen and oxygen atoms in total. The van der Waals surface area contributed by atoms with Crippen molar-refractivity contribution in [2.24, 2.45) is 0 Å². The quantitative estimate of drug-likeness (QED) is 0.583. The van der Waals surface area contributed by atoms with Gasteiger partial charge in [0, 0.05) is 11.1 Å². The zero-order valence-electron chi connectivity index (χ0n) is 12.5. The van der Waals surface area contributed by atoms with Crippen LogP contribution in [0.1, 0.15) is 0 Å². The predicted octanol–water partition coefficient (Wildman–Crippen LogP) is 5.13. The van der Waals surface area contributed by atoms with Gasteiger partial charge < -0.3 is 16.4 Å². The van der Waals surface area contributed by atoms with Crippen LogP contribution in [0.15, 0.2) is 42.7 Å². The highest BCUT2D eigenvalue weighted by Gasteiger charge is 2.12. The second-order valence-corrected chi connectivity index (χ2v) is 5.83. The molecule has 1 heterocycles. The molecule has 0 aliphatic heterocycles. The molecule has 25 heavy (non-hydrogen) atoms. The fourth-order valence-electron chi connectivity index (χ4n) is 2.03. The van der Waals surface area contributed by atoms with Crippen molar-refractivity contribution < 1.29 is 8.78 Å². The molecule has 0 saturated carbocycles. The first-order valence-corrected chi connectivity index (χ1v) is 7.74. The van der Waals surface area contributed by atoms with Crippen LogP contribution in [0.2, 0.25) is 10.0 Å². The number of nitrogens with one attached hydrogen (secondary N) is 2. The fourth-order valence-corrected chi connectivity index (χ4v) is 2.49. The van der Waals surface area contributed by atoms with Crippen molar-refractivity contribution in [2.45, 2.75) is 0 Å². The van der Waals surface area contributed by atoms with E-state index < -0.39 is 11.6 Å². The molecule has 0 radical (unpaired) electrons. The minimum absolute atomic E-state index is 0.0964. The second kappa shape index (κ2) is 7.08. The fraction of sp³-hybridized carbons (Fsp3) is 0. The molecule has 4 N–H and O–H groups in total. The van der Waals surface area contributed by atoms with E-state index in [1.165, 1.54) is 6.33 Å². The highest BCUT2D eigenvalue weighted by molar-refractivity contribution is 6.36. The number of anilines is 5. The first-order chi connectivity index (χ1) is 11.9. The largest absolute Gasteiger partial charge is 0.393 e. The molecule has 3 aromatic rings. The summed E-state index contributed by atoms with van der Waals surface area (Å²) in [6.45, 7) is 0. The first-order valence-electron chi connectivity index (χ1n) is 6.98. The Morgan fingerprint density at radius 3 is 2.24 bits per heavy atom. The number of benzene rings is 2. The van der Waals surface area contributed by atoms with Gasteiger partial charge in [-0.1, -0.05) is 23.2 Å². The maximum absolute atomic E-state index is 13.8. The molecule has 2 aromatic carbocycles. The van der Waals surface area contributed by atoms with E-state index in [9.17, 15) is 8.78 Å². The highest BCUT2D eigenvalue weighted by atomic mass is 35.5. The molecule has 0 aliphatic rings. The first kappa shape index (κ1) is 17.2. The van der Waals surface area contributed by atoms with Gasteiger partial charge in [-0.3, -0.25) is 0 Å². The molecular weight excluding hydrogens is 371 g/mol. The van der Waals surface area contributed by atoms with Gasteiger partial charge in [0.25, 0.3) is 0 Å². The van der Waals surface area contributed by atoms with Crippen molar-refractivity contribution in [1.29, 1.82) is 0 Å². The third-order valence-corrected chi connectivity index (χ3v) is 3.80. The summed E-state index contributed by atoms with van der Waals surface area (Å²) >= 11 is 12.0. The average Bonchev–Trinajstić information content (AvgIpc) is 2.57. The van der Waals surface area contributed by atoms with Crippen LogP contribution in [-0.2, 0) is 0 Å². The van der Waals surface area contributed by atoms with E-state index >= 15 is 0 Å². The van der Waals surface area contributed by atoms with Gasteiger partial charge in [0.2, 0.25) is 0 Å². The summed E-state index contributed by atoms with van der Waals surface area (Å²) in [6, 6.07) is 7.88. The molecule has 0 fully saturated rings. The smallest absolute Gasteiger partial charge is 0.159 e. The Kier molecular flexibility index (Phi) is 4.87. The van der Waals surface area contributed by atoms with E-state index in [-0.39, 0.29) is 23.0 Å². The third-order valence-electron chi connectivity index (χ3n) is 3.25. The maximum Gasteiger partial charge on any atom is 0.159 e. The van der Waals surface area contributed by atoms with Crippen LogP contribution >= 0.6 is 23.2 Å². The summed E-state index contributed by atoms with van der Waals surface area (Å²) in [5.74, 6) is -0.872. The summed E-state index contributed by atoms with van der Waals surface area (Å²) in [5, 5.41) is 6.44. The molecule has 0 atom stereocenters.